The van der Waals surface area contributed by atoms with Crippen LogP contribution < -0.4 is 10.1 Å². The van der Waals surface area contributed by atoms with Gasteiger partial charge in [-0.25, -0.2) is 0 Å². The second-order valence-corrected chi connectivity index (χ2v) is 5.08. The Morgan fingerprint density at radius 1 is 1.40 bits per heavy atom. The topological polar surface area (TPSA) is 81.5 Å². The molecule has 2 rings (SSSR count). The Hall–Kier alpha value is -2.11. The first-order chi connectivity index (χ1) is 9.52. The van der Waals surface area contributed by atoms with Crippen molar-refractivity contribution >= 4 is 11.6 Å². The van der Waals surface area contributed by atoms with Gasteiger partial charge in [-0.15, -0.1) is 0 Å². The van der Waals surface area contributed by atoms with Gasteiger partial charge in [-0.05, 0) is 31.4 Å². The minimum atomic E-state index is -0.530. The van der Waals surface area contributed by atoms with Crippen LogP contribution in [0.1, 0.15) is 41.6 Å². The molecule has 108 valence electrons. The van der Waals surface area contributed by atoms with Crippen LogP contribution in [0.3, 0.4) is 0 Å². The normalized spacial score (nSPS) is 15.1. The molecule has 0 unspecified atom stereocenters. The maximum absolute atomic E-state index is 12.3. The van der Waals surface area contributed by atoms with E-state index in [0.717, 1.165) is 25.7 Å². The SMILES string of the molecule is COc1c(C(=O)NC2CCCC2)cc(C)cc1[N+](=O)[O-]. The number of methoxy groups -OCH3 is 1. The monoisotopic (exact) mass is 278 g/mol. The summed E-state index contributed by atoms with van der Waals surface area (Å²) in [5.41, 5.74) is 0.712. The number of hydrogen-bond acceptors (Lipinski definition) is 4. The zero-order valence-corrected chi connectivity index (χ0v) is 11.6. The van der Waals surface area contributed by atoms with Gasteiger partial charge in [0.2, 0.25) is 5.75 Å². The van der Waals surface area contributed by atoms with Gasteiger partial charge in [-0.2, -0.15) is 0 Å². The summed E-state index contributed by atoms with van der Waals surface area (Å²) in [6.07, 6.45) is 4.13. The number of amides is 1. The first kappa shape index (κ1) is 14.3. The van der Waals surface area contributed by atoms with E-state index in [-0.39, 0.29) is 28.9 Å². The van der Waals surface area contributed by atoms with Crippen LogP contribution >= 0.6 is 0 Å². The summed E-state index contributed by atoms with van der Waals surface area (Å²) in [5, 5.41) is 14.0. The molecule has 1 aliphatic rings. The van der Waals surface area contributed by atoms with Gasteiger partial charge in [0.1, 0.15) is 0 Å². The van der Waals surface area contributed by atoms with Crippen LogP contribution in [0.15, 0.2) is 12.1 Å². The van der Waals surface area contributed by atoms with Crippen molar-refractivity contribution in [1.29, 1.82) is 0 Å². The third-order valence-corrected chi connectivity index (χ3v) is 3.55. The molecule has 1 N–H and O–H groups in total. The van der Waals surface area contributed by atoms with Crippen molar-refractivity contribution in [2.45, 2.75) is 38.6 Å². The van der Waals surface area contributed by atoms with Crippen molar-refractivity contribution in [2.75, 3.05) is 7.11 Å². The minimum absolute atomic E-state index is 0.0242. The molecule has 0 spiro atoms. The van der Waals surface area contributed by atoms with Crippen molar-refractivity contribution in [3.05, 3.63) is 33.4 Å². The van der Waals surface area contributed by atoms with E-state index < -0.39 is 4.92 Å². The summed E-state index contributed by atoms with van der Waals surface area (Å²) >= 11 is 0. The lowest BCUT2D eigenvalue weighted by molar-refractivity contribution is -0.385. The number of nitro benzene ring substituents is 1. The Morgan fingerprint density at radius 2 is 2.05 bits per heavy atom. The van der Waals surface area contributed by atoms with Crippen molar-refractivity contribution in [3.63, 3.8) is 0 Å². The highest BCUT2D eigenvalue weighted by molar-refractivity contribution is 5.98. The molecule has 6 heteroatoms. The van der Waals surface area contributed by atoms with Crippen LogP contribution in [0.25, 0.3) is 0 Å². The lowest BCUT2D eigenvalue weighted by Gasteiger charge is -2.14. The summed E-state index contributed by atoms with van der Waals surface area (Å²) < 4.78 is 5.08. The van der Waals surface area contributed by atoms with E-state index in [1.54, 1.807) is 13.0 Å². The van der Waals surface area contributed by atoms with Gasteiger partial charge < -0.3 is 10.1 Å². The quantitative estimate of drug-likeness (QED) is 0.678. The van der Waals surface area contributed by atoms with Gasteiger partial charge in [0.15, 0.2) is 0 Å². The van der Waals surface area contributed by atoms with Gasteiger partial charge in [0.25, 0.3) is 5.91 Å². The zero-order chi connectivity index (χ0) is 14.7. The Kier molecular flexibility index (Phi) is 4.22. The first-order valence-corrected chi connectivity index (χ1v) is 6.67. The fourth-order valence-electron chi connectivity index (χ4n) is 2.61. The molecular formula is C14H18N2O4. The molecular weight excluding hydrogens is 260 g/mol. The highest BCUT2D eigenvalue weighted by Gasteiger charge is 2.26. The van der Waals surface area contributed by atoms with Crippen LogP contribution in [0.4, 0.5) is 5.69 Å². The maximum atomic E-state index is 12.3. The number of rotatable bonds is 4. The van der Waals surface area contributed by atoms with Crippen LogP contribution in [0.2, 0.25) is 0 Å². The van der Waals surface area contributed by atoms with Gasteiger partial charge >= 0.3 is 5.69 Å². The molecule has 1 aromatic rings. The van der Waals surface area contributed by atoms with Crippen molar-refractivity contribution in [1.82, 2.24) is 5.32 Å². The number of nitro groups is 1. The first-order valence-electron chi connectivity index (χ1n) is 6.67. The van der Waals surface area contributed by atoms with Crippen molar-refractivity contribution in [2.24, 2.45) is 0 Å². The number of carbonyl (C=O) groups excluding carboxylic acids is 1. The van der Waals surface area contributed by atoms with Crippen LogP contribution in [-0.2, 0) is 0 Å². The zero-order valence-electron chi connectivity index (χ0n) is 11.6. The van der Waals surface area contributed by atoms with Crippen LogP contribution in [0, 0.1) is 17.0 Å². The summed E-state index contributed by atoms with van der Waals surface area (Å²) in [5.74, 6) is -0.281. The number of carbonyl (C=O) groups is 1. The summed E-state index contributed by atoms with van der Waals surface area (Å²) in [6.45, 7) is 1.72. The number of nitrogens with zero attached hydrogens (tertiary/aromatic N) is 1. The van der Waals surface area contributed by atoms with Gasteiger partial charge in [-0.3, -0.25) is 14.9 Å². The van der Waals surface area contributed by atoms with E-state index in [0.29, 0.717) is 5.56 Å². The molecule has 0 saturated heterocycles. The average molecular weight is 278 g/mol. The number of nitrogens with one attached hydrogen (secondary N) is 1. The molecule has 1 saturated carbocycles. The molecule has 0 heterocycles. The molecule has 1 fully saturated rings. The summed E-state index contributed by atoms with van der Waals surface area (Å²) in [4.78, 5) is 22.8. The van der Waals surface area contributed by atoms with Crippen LogP contribution in [0.5, 0.6) is 5.75 Å². The summed E-state index contributed by atoms with van der Waals surface area (Å²) in [7, 11) is 1.34. The van der Waals surface area contributed by atoms with E-state index in [9.17, 15) is 14.9 Å². The number of hydrogen-bond donors (Lipinski definition) is 1. The molecule has 0 radical (unpaired) electrons. The Bertz CT molecular complexity index is 536. The number of aryl methyl sites for hydroxylation is 1. The van der Waals surface area contributed by atoms with Gasteiger partial charge in [0, 0.05) is 12.1 Å². The number of ether oxygens (including phenoxy) is 1. The molecule has 20 heavy (non-hydrogen) atoms. The second-order valence-electron chi connectivity index (χ2n) is 5.08. The Morgan fingerprint density at radius 3 is 2.60 bits per heavy atom. The standard InChI is InChI=1S/C14H18N2O4/c1-9-7-11(13(20-2)12(8-9)16(18)19)14(17)15-10-5-3-4-6-10/h7-8,10H,3-6H2,1-2H3,(H,15,17). The highest BCUT2D eigenvalue weighted by atomic mass is 16.6. The average Bonchev–Trinajstić information content (AvgIpc) is 2.90. The van der Waals surface area contributed by atoms with Crippen molar-refractivity contribution in [3.8, 4) is 5.75 Å². The fourth-order valence-corrected chi connectivity index (χ4v) is 2.61. The van der Waals surface area contributed by atoms with E-state index in [2.05, 4.69) is 5.32 Å². The lowest BCUT2D eigenvalue weighted by atomic mass is 10.1. The Balaban J connectivity index is 2.33. The Labute approximate surface area is 117 Å². The minimum Gasteiger partial charge on any atom is -0.490 e. The second kappa shape index (κ2) is 5.90. The number of benzene rings is 1. The predicted molar refractivity (Wildman–Crippen MR) is 74.1 cm³/mol. The van der Waals surface area contributed by atoms with E-state index in [1.165, 1.54) is 13.2 Å². The van der Waals surface area contributed by atoms with E-state index >= 15 is 0 Å². The van der Waals surface area contributed by atoms with Gasteiger partial charge in [0.05, 0.1) is 17.6 Å². The highest BCUT2D eigenvalue weighted by Crippen LogP contribution is 2.32. The molecule has 0 bridgehead atoms. The predicted octanol–water partition coefficient (Wildman–Crippen LogP) is 2.58. The third-order valence-electron chi connectivity index (χ3n) is 3.55. The molecule has 0 aromatic heterocycles. The fraction of sp³-hybridized carbons (Fsp3) is 0.500. The largest absolute Gasteiger partial charge is 0.490 e. The molecule has 0 aliphatic heterocycles. The molecule has 1 aromatic carbocycles. The van der Waals surface area contributed by atoms with Crippen LogP contribution in [-0.4, -0.2) is 24.0 Å². The molecule has 0 atom stereocenters. The van der Waals surface area contributed by atoms with E-state index in [4.69, 9.17) is 4.74 Å². The maximum Gasteiger partial charge on any atom is 0.312 e. The lowest BCUT2D eigenvalue weighted by Crippen LogP contribution is -2.33. The molecule has 1 amide bonds. The third kappa shape index (κ3) is 2.89. The summed E-state index contributed by atoms with van der Waals surface area (Å²) in [6, 6.07) is 3.19. The van der Waals surface area contributed by atoms with E-state index in [1.807, 2.05) is 0 Å². The van der Waals surface area contributed by atoms with Gasteiger partial charge in [-0.1, -0.05) is 12.8 Å². The molecule has 6 nitrogen and oxygen atoms in total. The van der Waals surface area contributed by atoms with Crippen molar-refractivity contribution < 1.29 is 14.5 Å². The smallest absolute Gasteiger partial charge is 0.312 e. The molecule has 1 aliphatic carbocycles.